The lowest BCUT2D eigenvalue weighted by Gasteiger charge is -2.38. The Morgan fingerprint density at radius 3 is 2.85 bits per heavy atom. The van der Waals surface area contributed by atoms with Crippen molar-refractivity contribution in [3.8, 4) is 0 Å². The molecule has 1 fully saturated rings. The van der Waals surface area contributed by atoms with Crippen molar-refractivity contribution in [3.05, 3.63) is 35.6 Å². The van der Waals surface area contributed by atoms with Crippen LogP contribution < -0.4 is 5.73 Å². The predicted octanol–water partition coefficient (Wildman–Crippen LogP) is 2.03. The second-order valence-corrected chi connectivity index (χ2v) is 5.79. The third kappa shape index (κ3) is 2.46. The summed E-state index contributed by atoms with van der Waals surface area (Å²) in [4.78, 5) is 4.91. The molecule has 1 atom stereocenters. The van der Waals surface area contributed by atoms with Gasteiger partial charge in [-0.2, -0.15) is 0 Å². The van der Waals surface area contributed by atoms with E-state index in [2.05, 4.69) is 35.9 Å². The molecule has 0 bridgehead atoms. The van der Waals surface area contributed by atoms with E-state index in [0.717, 1.165) is 37.5 Å². The van der Waals surface area contributed by atoms with Crippen LogP contribution in [-0.4, -0.2) is 42.5 Å². The van der Waals surface area contributed by atoms with Crippen molar-refractivity contribution in [2.24, 2.45) is 5.73 Å². The van der Waals surface area contributed by atoms with E-state index in [9.17, 15) is 0 Å². The van der Waals surface area contributed by atoms with E-state index in [1.165, 1.54) is 10.9 Å². The Morgan fingerprint density at radius 2 is 2.10 bits per heavy atom. The summed E-state index contributed by atoms with van der Waals surface area (Å²) in [7, 11) is 2.19. The zero-order valence-corrected chi connectivity index (χ0v) is 12.3. The first kappa shape index (κ1) is 13.6. The second-order valence-electron chi connectivity index (χ2n) is 5.79. The van der Waals surface area contributed by atoms with Gasteiger partial charge in [-0.25, -0.2) is 0 Å². The highest BCUT2D eigenvalue weighted by molar-refractivity contribution is 5.82. The van der Waals surface area contributed by atoms with Crippen LogP contribution in [0.2, 0.25) is 0 Å². The van der Waals surface area contributed by atoms with Gasteiger partial charge in [0.1, 0.15) is 11.3 Å². The van der Waals surface area contributed by atoms with E-state index in [4.69, 9.17) is 10.2 Å². The molecule has 0 spiro atoms. The number of hydrogen-bond donors (Lipinski definition) is 1. The van der Waals surface area contributed by atoms with Gasteiger partial charge in [-0.05, 0) is 20.0 Å². The standard InChI is InChI=1S/C16H23N3O/c1-12-10-18(2)7-8-19(12)11-14-13-5-3-4-6-15(13)20-16(14)9-17/h3-6,12H,7-11,17H2,1-2H3. The molecule has 2 N–H and O–H groups in total. The van der Waals surface area contributed by atoms with Crippen LogP contribution in [0.15, 0.2) is 28.7 Å². The zero-order chi connectivity index (χ0) is 14.1. The molecular formula is C16H23N3O. The Morgan fingerprint density at radius 1 is 1.30 bits per heavy atom. The summed E-state index contributed by atoms with van der Waals surface area (Å²) in [6, 6.07) is 8.79. The number of para-hydroxylation sites is 1. The van der Waals surface area contributed by atoms with Gasteiger partial charge in [0, 0.05) is 43.2 Å². The number of hydrogen-bond acceptors (Lipinski definition) is 4. The van der Waals surface area contributed by atoms with Crippen molar-refractivity contribution in [2.75, 3.05) is 26.7 Å². The highest BCUT2D eigenvalue weighted by atomic mass is 16.3. The van der Waals surface area contributed by atoms with Gasteiger partial charge >= 0.3 is 0 Å². The Balaban J connectivity index is 1.90. The molecule has 0 radical (unpaired) electrons. The summed E-state index contributed by atoms with van der Waals surface area (Å²) >= 11 is 0. The Hall–Kier alpha value is -1.36. The van der Waals surface area contributed by atoms with Crippen molar-refractivity contribution in [2.45, 2.75) is 26.1 Å². The molecule has 4 nitrogen and oxygen atoms in total. The van der Waals surface area contributed by atoms with Gasteiger partial charge in [0.15, 0.2) is 0 Å². The molecule has 1 aromatic heterocycles. The average molecular weight is 273 g/mol. The van der Waals surface area contributed by atoms with Crippen LogP contribution in [0.5, 0.6) is 0 Å². The molecule has 20 heavy (non-hydrogen) atoms. The highest BCUT2D eigenvalue weighted by Crippen LogP contribution is 2.27. The molecular weight excluding hydrogens is 250 g/mol. The van der Waals surface area contributed by atoms with Crippen molar-refractivity contribution >= 4 is 11.0 Å². The molecule has 1 saturated heterocycles. The van der Waals surface area contributed by atoms with Crippen LogP contribution in [-0.2, 0) is 13.1 Å². The fraction of sp³-hybridized carbons (Fsp3) is 0.500. The minimum absolute atomic E-state index is 0.464. The normalized spacial score (nSPS) is 21.6. The van der Waals surface area contributed by atoms with Crippen molar-refractivity contribution < 1.29 is 4.42 Å². The highest BCUT2D eigenvalue weighted by Gasteiger charge is 2.24. The van der Waals surface area contributed by atoms with Crippen LogP contribution in [0, 0.1) is 0 Å². The summed E-state index contributed by atoms with van der Waals surface area (Å²) in [6.45, 7) is 7.03. The van der Waals surface area contributed by atoms with E-state index < -0.39 is 0 Å². The van der Waals surface area contributed by atoms with Gasteiger partial charge in [0.2, 0.25) is 0 Å². The maximum Gasteiger partial charge on any atom is 0.134 e. The van der Waals surface area contributed by atoms with E-state index >= 15 is 0 Å². The first-order valence-corrected chi connectivity index (χ1v) is 7.31. The lowest BCUT2D eigenvalue weighted by Crippen LogP contribution is -2.49. The van der Waals surface area contributed by atoms with Crippen LogP contribution in [0.25, 0.3) is 11.0 Å². The third-order valence-corrected chi connectivity index (χ3v) is 4.30. The van der Waals surface area contributed by atoms with E-state index in [-0.39, 0.29) is 0 Å². The number of piperazine rings is 1. The monoisotopic (exact) mass is 273 g/mol. The first-order chi connectivity index (χ1) is 9.69. The SMILES string of the molecule is CC1CN(C)CCN1Cc1c(CN)oc2ccccc12. The molecule has 1 aliphatic heterocycles. The van der Waals surface area contributed by atoms with Crippen molar-refractivity contribution in [3.63, 3.8) is 0 Å². The van der Waals surface area contributed by atoms with Crippen molar-refractivity contribution in [1.29, 1.82) is 0 Å². The predicted molar refractivity (Wildman–Crippen MR) is 81.5 cm³/mol. The second kappa shape index (κ2) is 5.56. The van der Waals surface area contributed by atoms with Gasteiger partial charge in [-0.15, -0.1) is 0 Å². The fourth-order valence-electron chi connectivity index (χ4n) is 3.10. The topological polar surface area (TPSA) is 45.6 Å². The molecule has 0 saturated carbocycles. The molecule has 4 heteroatoms. The largest absolute Gasteiger partial charge is 0.459 e. The Labute approximate surface area is 120 Å². The molecule has 0 amide bonds. The number of furan rings is 1. The van der Waals surface area contributed by atoms with Gasteiger partial charge < -0.3 is 15.1 Å². The number of fused-ring (bicyclic) bond motifs is 1. The zero-order valence-electron chi connectivity index (χ0n) is 12.3. The third-order valence-electron chi connectivity index (χ3n) is 4.30. The summed E-state index contributed by atoms with van der Waals surface area (Å²) in [5, 5.41) is 1.21. The summed E-state index contributed by atoms with van der Waals surface area (Å²) in [6.07, 6.45) is 0. The molecule has 1 aromatic carbocycles. The van der Waals surface area contributed by atoms with Crippen LogP contribution in [0.4, 0.5) is 0 Å². The van der Waals surface area contributed by atoms with Crippen LogP contribution in [0.1, 0.15) is 18.2 Å². The molecule has 2 aromatic rings. The van der Waals surface area contributed by atoms with E-state index in [0.29, 0.717) is 12.6 Å². The molecule has 108 valence electrons. The minimum atomic E-state index is 0.464. The lowest BCUT2D eigenvalue weighted by atomic mass is 10.1. The van der Waals surface area contributed by atoms with E-state index in [1.54, 1.807) is 0 Å². The number of rotatable bonds is 3. The van der Waals surface area contributed by atoms with Gasteiger partial charge in [0.25, 0.3) is 0 Å². The van der Waals surface area contributed by atoms with Crippen molar-refractivity contribution in [1.82, 2.24) is 9.80 Å². The minimum Gasteiger partial charge on any atom is -0.459 e. The average Bonchev–Trinajstić information content (AvgIpc) is 2.80. The number of benzene rings is 1. The maximum absolute atomic E-state index is 5.88. The molecule has 1 aliphatic rings. The Bertz CT molecular complexity index is 592. The molecule has 0 aliphatic carbocycles. The number of likely N-dealkylation sites (N-methyl/N-ethyl adjacent to an activating group) is 1. The number of nitrogens with zero attached hydrogens (tertiary/aromatic N) is 2. The van der Waals surface area contributed by atoms with Gasteiger partial charge in [0.05, 0.1) is 6.54 Å². The maximum atomic E-state index is 5.88. The fourth-order valence-corrected chi connectivity index (χ4v) is 3.10. The summed E-state index contributed by atoms with van der Waals surface area (Å²) in [5.74, 6) is 0.928. The smallest absolute Gasteiger partial charge is 0.134 e. The molecule has 3 rings (SSSR count). The Kier molecular flexibility index (Phi) is 3.78. The van der Waals surface area contributed by atoms with Gasteiger partial charge in [-0.3, -0.25) is 4.90 Å². The summed E-state index contributed by atoms with van der Waals surface area (Å²) in [5.41, 5.74) is 8.07. The van der Waals surface area contributed by atoms with Crippen LogP contribution in [0.3, 0.4) is 0 Å². The van der Waals surface area contributed by atoms with Gasteiger partial charge in [-0.1, -0.05) is 18.2 Å². The number of nitrogens with two attached hydrogens (primary N) is 1. The molecule has 2 heterocycles. The van der Waals surface area contributed by atoms with E-state index in [1.807, 2.05) is 12.1 Å². The first-order valence-electron chi connectivity index (χ1n) is 7.31. The molecule has 1 unspecified atom stereocenters. The lowest BCUT2D eigenvalue weighted by molar-refractivity contribution is 0.0936. The summed E-state index contributed by atoms with van der Waals surface area (Å²) < 4.78 is 5.88. The quantitative estimate of drug-likeness (QED) is 0.929. The van der Waals surface area contributed by atoms with Crippen LogP contribution >= 0.6 is 0 Å².